The molecule has 1 atom stereocenters. The van der Waals surface area contributed by atoms with Gasteiger partial charge in [-0.25, -0.2) is 0 Å². The highest BCUT2D eigenvalue weighted by atomic mass is 16.5. The number of likely N-dealkylation sites (N-methyl/N-ethyl adjacent to an activating group) is 1. The van der Waals surface area contributed by atoms with E-state index >= 15 is 0 Å². The summed E-state index contributed by atoms with van der Waals surface area (Å²) in [5, 5.41) is 10.4. The van der Waals surface area contributed by atoms with Crippen LogP contribution in [0.4, 0.5) is 0 Å². The van der Waals surface area contributed by atoms with E-state index in [0.717, 1.165) is 45.0 Å². The highest BCUT2D eigenvalue weighted by molar-refractivity contribution is 5.28. The van der Waals surface area contributed by atoms with E-state index in [1.54, 1.807) is 0 Å². The Morgan fingerprint density at radius 2 is 1.85 bits per heavy atom. The third-order valence-electron chi connectivity index (χ3n) is 6.17. The number of aliphatic hydroxyl groups is 1. The maximum atomic E-state index is 10.4. The molecule has 0 radical (unpaired) electrons. The van der Waals surface area contributed by atoms with Crippen LogP contribution in [0.2, 0.25) is 0 Å². The van der Waals surface area contributed by atoms with Gasteiger partial charge >= 0.3 is 0 Å². The Morgan fingerprint density at radius 1 is 1.11 bits per heavy atom. The summed E-state index contributed by atoms with van der Waals surface area (Å²) in [4.78, 5) is 7.34. The molecule has 0 spiro atoms. The maximum Gasteiger partial charge on any atom is 0.119 e. The number of nitrogens with zero attached hydrogens (tertiary/aromatic N) is 3. The zero-order valence-electron chi connectivity index (χ0n) is 17.4. The first-order valence-corrected chi connectivity index (χ1v) is 10.6. The van der Waals surface area contributed by atoms with Crippen molar-refractivity contribution in [3.8, 4) is 5.75 Å². The molecule has 0 bridgehead atoms. The van der Waals surface area contributed by atoms with Crippen molar-refractivity contribution in [2.75, 3.05) is 52.4 Å². The molecule has 2 fully saturated rings. The monoisotopic (exact) mass is 375 g/mol. The smallest absolute Gasteiger partial charge is 0.119 e. The Bertz CT molecular complexity index is 585. The lowest BCUT2D eigenvalue weighted by atomic mass is 10.0. The molecular formula is C22H37N3O2. The van der Waals surface area contributed by atoms with E-state index in [1.807, 2.05) is 6.07 Å². The molecule has 1 N–H and O–H groups in total. The van der Waals surface area contributed by atoms with Gasteiger partial charge in [0.1, 0.15) is 18.5 Å². The molecule has 0 aromatic heterocycles. The number of rotatable bonds is 8. The van der Waals surface area contributed by atoms with E-state index in [-0.39, 0.29) is 5.54 Å². The first-order chi connectivity index (χ1) is 13.0. The number of piperazine rings is 1. The second-order valence-electron chi connectivity index (χ2n) is 8.68. The molecule has 27 heavy (non-hydrogen) atoms. The number of likely N-dealkylation sites (tertiary alicyclic amines) is 1. The van der Waals surface area contributed by atoms with Crippen LogP contribution < -0.4 is 4.74 Å². The zero-order valence-corrected chi connectivity index (χ0v) is 17.4. The van der Waals surface area contributed by atoms with Gasteiger partial charge in [0, 0.05) is 44.8 Å². The molecule has 2 heterocycles. The molecule has 2 aliphatic rings. The molecule has 0 amide bonds. The minimum absolute atomic E-state index is 0.287. The second kappa shape index (κ2) is 9.37. The lowest BCUT2D eigenvalue weighted by molar-refractivity contribution is 0.0470. The molecular weight excluding hydrogens is 338 g/mol. The molecule has 0 aliphatic carbocycles. The highest BCUT2D eigenvalue weighted by Gasteiger charge is 2.31. The Kier molecular flexibility index (Phi) is 7.15. The van der Waals surface area contributed by atoms with Crippen molar-refractivity contribution in [3.63, 3.8) is 0 Å². The number of hydrogen-bond donors (Lipinski definition) is 1. The highest BCUT2D eigenvalue weighted by Crippen LogP contribution is 2.30. The number of aliphatic hydroxyl groups excluding tert-OH is 1. The van der Waals surface area contributed by atoms with Gasteiger partial charge in [0.05, 0.1) is 0 Å². The lowest BCUT2D eigenvalue weighted by Crippen LogP contribution is -2.49. The molecule has 2 aliphatic heterocycles. The van der Waals surface area contributed by atoms with Gasteiger partial charge in [0.15, 0.2) is 0 Å². The fourth-order valence-corrected chi connectivity index (χ4v) is 4.24. The minimum Gasteiger partial charge on any atom is -0.491 e. The van der Waals surface area contributed by atoms with Gasteiger partial charge in [-0.1, -0.05) is 19.1 Å². The Morgan fingerprint density at radius 3 is 2.52 bits per heavy atom. The van der Waals surface area contributed by atoms with E-state index in [2.05, 4.69) is 53.7 Å². The summed E-state index contributed by atoms with van der Waals surface area (Å²) < 4.78 is 5.90. The Hall–Kier alpha value is -1.14. The first kappa shape index (κ1) is 20.6. The van der Waals surface area contributed by atoms with Crippen molar-refractivity contribution >= 4 is 0 Å². The van der Waals surface area contributed by atoms with Crippen LogP contribution >= 0.6 is 0 Å². The van der Waals surface area contributed by atoms with Gasteiger partial charge < -0.3 is 14.7 Å². The molecule has 152 valence electrons. The number of benzene rings is 1. The fraction of sp³-hybridized carbons (Fsp3) is 0.727. The van der Waals surface area contributed by atoms with Gasteiger partial charge in [-0.15, -0.1) is 0 Å². The van der Waals surface area contributed by atoms with Crippen LogP contribution in [-0.4, -0.2) is 83.9 Å². The Labute approximate surface area is 164 Å². The van der Waals surface area contributed by atoms with E-state index in [0.29, 0.717) is 13.2 Å². The van der Waals surface area contributed by atoms with Crippen LogP contribution in [0.15, 0.2) is 24.3 Å². The van der Waals surface area contributed by atoms with Gasteiger partial charge in [-0.2, -0.15) is 0 Å². The van der Waals surface area contributed by atoms with Crippen LogP contribution in [0, 0.1) is 0 Å². The summed E-state index contributed by atoms with van der Waals surface area (Å²) in [5.41, 5.74) is 1.57. The molecule has 1 aromatic carbocycles. The first-order valence-electron chi connectivity index (χ1n) is 10.6. The van der Waals surface area contributed by atoms with Crippen molar-refractivity contribution in [2.45, 2.75) is 51.8 Å². The maximum absolute atomic E-state index is 10.4. The molecule has 1 aromatic rings. The molecule has 0 saturated carbocycles. The van der Waals surface area contributed by atoms with Crippen LogP contribution in [0.1, 0.15) is 39.2 Å². The third-order valence-corrected chi connectivity index (χ3v) is 6.17. The molecule has 2 saturated heterocycles. The fourth-order valence-electron chi connectivity index (χ4n) is 4.24. The summed E-state index contributed by atoms with van der Waals surface area (Å²) in [6.07, 6.45) is 2.10. The number of ether oxygens (including phenoxy) is 1. The molecule has 1 unspecified atom stereocenters. The second-order valence-corrected chi connectivity index (χ2v) is 8.68. The van der Waals surface area contributed by atoms with Gasteiger partial charge in [0.2, 0.25) is 0 Å². The molecule has 5 heteroatoms. The minimum atomic E-state index is -0.445. The predicted octanol–water partition coefficient (Wildman–Crippen LogP) is 2.44. The Balaban J connectivity index is 1.44. The topological polar surface area (TPSA) is 39.2 Å². The van der Waals surface area contributed by atoms with Crippen LogP contribution in [0.5, 0.6) is 5.75 Å². The average Bonchev–Trinajstić information content (AvgIpc) is 2.99. The van der Waals surface area contributed by atoms with E-state index in [4.69, 9.17) is 4.74 Å². The van der Waals surface area contributed by atoms with E-state index in [9.17, 15) is 5.11 Å². The van der Waals surface area contributed by atoms with Gasteiger partial charge in [-0.05, 0) is 57.5 Å². The summed E-state index contributed by atoms with van der Waals surface area (Å²) in [6, 6.07) is 8.35. The quantitative estimate of drug-likeness (QED) is 0.756. The summed E-state index contributed by atoms with van der Waals surface area (Å²) in [6.45, 7) is 15.4. The van der Waals surface area contributed by atoms with Crippen LogP contribution in [0.3, 0.4) is 0 Å². The zero-order chi connectivity index (χ0) is 19.3. The van der Waals surface area contributed by atoms with Crippen molar-refractivity contribution in [2.24, 2.45) is 0 Å². The lowest BCUT2D eigenvalue weighted by Gasteiger charge is -2.34. The van der Waals surface area contributed by atoms with Crippen molar-refractivity contribution in [3.05, 3.63) is 29.8 Å². The van der Waals surface area contributed by atoms with E-state index in [1.165, 1.54) is 24.9 Å². The van der Waals surface area contributed by atoms with Crippen LogP contribution in [0.25, 0.3) is 0 Å². The average molecular weight is 376 g/mol. The van der Waals surface area contributed by atoms with Crippen molar-refractivity contribution in [1.29, 1.82) is 0 Å². The normalized spacial score (nSPS) is 22.8. The summed E-state index contributed by atoms with van der Waals surface area (Å²) in [5.74, 6) is 0.861. The van der Waals surface area contributed by atoms with E-state index < -0.39 is 6.10 Å². The SMILES string of the molecule is CCN1CCN(CC(O)COc2cccc(CN3CCCC3(C)C)c2)CC1. The van der Waals surface area contributed by atoms with Crippen molar-refractivity contribution < 1.29 is 9.84 Å². The van der Waals surface area contributed by atoms with Gasteiger partial charge in [0.25, 0.3) is 0 Å². The largest absolute Gasteiger partial charge is 0.491 e. The standard InChI is InChI=1S/C22H37N3O2/c1-4-23-11-13-24(14-12-23)17-20(26)18-27-21-8-5-7-19(15-21)16-25-10-6-9-22(25,2)3/h5,7-8,15,20,26H,4,6,9-14,16-18H2,1-3H3. The summed E-state index contributed by atoms with van der Waals surface area (Å²) >= 11 is 0. The third kappa shape index (κ3) is 5.92. The predicted molar refractivity (Wildman–Crippen MR) is 110 cm³/mol. The summed E-state index contributed by atoms with van der Waals surface area (Å²) in [7, 11) is 0. The van der Waals surface area contributed by atoms with Crippen LogP contribution in [-0.2, 0) is 6.54 Å². The number of hydrogen-bond acceptors (Lipinski definition) is 5. The van der Waals surface area contributed by atoms with Gasteiger partial charge in [-0.3, -0.25) is 9.80 Å². The van der Waals surface area contributed by atoms with Crippen molar-refractivity contribution in [1.82, 2.24) is 14.7 Å². The molecule has 3 rings (SSSR count). The molecule has 5 nitrogen and oxygen atoms in total. The number of β-amino-alcohol motifs (C(OH)–C–C–N with tert-alkyl or cyclic N) is 1.